The van der Waals surface area contributed by atoms with Crippen molar-refractivity contribution in [1.29, 1.82) is 0 Å². The molecular weight excluding hydrogens is 218 g/mol. The third-order valence-electron chi connectivity index (χ3n) is 2.83. The fraction of sp³-hybridized carbons (Fsp3) is 0.333. The van der Waals surface area contributed by atoms with Crippen LogP contribution in [0.15, 0.2) is 28.5 Å². The Morgan fingerprint density at radius 1 is 1.47 bits per heavy atom. The predicted octanol–water partition coefficient (Wildman–Crippen LogP) is 1.66. The summed E-state index contributed by atoms with van der Waals surface area (Å²) in [5.41, 5.74) is 6.73. The van der Waals surface area contributed by atoms with Gasteiger partial charge in [0, 0.05) is 17.2 Å². The average Bonchev–Trinajstić information content (AvgIpc) is 2.77. The van der Waals surface area contributed by atoms with Crippen LogP contribution in [-0.4, -0.2) is 17.7 Å². The number of benzene rings is 1. The van der Waals surface area contributed by atoms with E-state index in [0.29, 0.717) is 6.42 Å². The highest BCUT2D eigenvalue weighted by molar-refractivity contribution is 6.05. The Kier molecular flexibility index (Phi) is 2.99. The van der Waals surface area contributed by atoms with Crippen LogP contribution in [0.2, 0.25) is 0 Å². The van der Waals surface area contributed by atoms with E-state index in [0.717, 1.165) is 16.8 Å². The molecule has 0 spiro atoms. The highest BCUT2D eigenvalue weighted by atomic mass is 16.3. The minimum Gasteiger partial charge on any atom is -0.297 e. The Hall–Kier alpha value is -2.04. The molecule has 0 radical (unpaired) electrons. The molecule has 1 N–H and O–H groups in total. The van der Waals surface area contributed by atoms with Crippen LogP contribution in [-0.2, 0) is 4.79 Å². The molecule has 1 heterocycles. The molecular formula is C12H13N3O2. The van der Waals surface area contributed by atoms with Crippen LogP contribution < -0.4 is 5.43 Å². The lowest BCUT2D eigenvalue weighted by atomic mass is 9.98. The molecule has 2 rings (SSSR count). The molecule has 0 aliphatic carbocycles. The van der Waals surface area contributed by atoms with Crippen molar-refractivity contribution in [2.24, 2.45) is 10.3 Å². The normalized spacial score (nSPS) is 18.5. The molecule has 0 fully saturated rings. The van der Waals surface area contributed by atoms with Crippen molar-refractivity contribution in [3.8, 4) is 0 Å². The van der Waals surface area contributed by atoms with Gasteiger partial charge in [0.1, 0.15) is 6.04 Å². The first-order chi connectivity index (χ1) is 8.11. The number of hydrazone groups is 1. The minimum absolute atomic E-state index is 0.411. The van der Waals surface area contributed by atoms with Gasteiger partial charge in [-0.05, 0) is 19.4 Å². The molecule has 1 aromatic carbocycles. The standard InChI is InChI=1S/C12H13N3O2/c1-7-3-4-9(8(2)5-7)10-6-11(14-13-10)12(16)15-17/h3-5,11,14H,6H2,1-2H3. The fourth-order valence-corrected chi connectivity index (χ4v) is 1.95. The van der Waals surface area contributed by atoms with Gasteiger partial charge in [0.15, 0.2) is 0 Å². The number of nitrogens with one attached hydrogen (secondary N) is 1. The van der Waals surface area contributed by atoms with E-state index in [4.69, 9.17) is 0 Å². The zero-order valence-corrected chi connectivity index (χ0v) is 9.73. The topological polar surface area (TPSA) is 70.9 Å². The molecule has 1 aromatic rings. The maximum Gasteiger partial charge on any atom is 0.310 e. The summed E-state index contributed by atoms with van der Waals surface area (Å²) in [7, 11) is 0. The van der Waals surface area contributed by atoms with E-state index in [1.54, 1.807) is 0 Å². The van der Waals surface area contributed by atoms with Crippen LogP contribution in [0.3, 0.4) is 0 Å². The summed E-state index contributed by atoms with van der Waals surface area (Å²) in [6.45, 7) is 4.02. The molecule has 0 bridgehead atoms. The van der Waals surface area contributed by atoms with E-state index in [1.807, 2.05) is 26.0 Å². The van der Waals surface area contributed by atoms with Gasteiger partial charge in [-0.2, -0.15) is 5.10 Å². The molecule has 0 aromatic heterocycles. The molecule has 17 heavy (non-hydrogen) atoms. The summed E-state index contributed by atoms with van der Waals surface area (Å²) < 4.78 is 0. The number of carbonyl (C=O) groups is 1. The maximum absolute atomic E-state index is 11.1. The van der Waals surface area contributed by atoms with Crippen LogP contribution in [0.5, 0.6) is 0 Å². The van der Waals surface area contributed by atoms with E-state index in [1.165, 1.54) is 5.56 Å². The lowest BCUT2D eigenvalue weighted by Gasteiger charge is -2.06. The smallest absolute Gasteiger partial charge is 0.297 e. The zero-order valence-electron chi connectivity index (χ0n) is 9.73. The number of nitroso groups, excluding NO2 is 1. The lowest BCUT2D eigenvalue weighted by molar-refractivity contribution is -0.119. The van der Waals surface area contributed by atoms with Gasteiger partial charge in [-0.25, -0.2) is 0 Å². The van der Waals surface area contributed by atoms with Gasteiger partial charge < -0.3 is 0 Å². The maximum atomic E-state index is 11.1. The average molecular weight is 231 g/mol. The summed E-state index contributed by atoms with van der Waals surface area (Å²) in [6.07, 6.45) is 0.411. The number of nitrogens with zero attached hydrogens (tertiary/aromatic N) is 2. The lowest BCUT2D eigenvalue weighted by Crippen LogP contribution is -2.28. The van der Waals surface area contributed by atoms with Gasteiger partial charge >= 0.3 is 5.91 Å². The monoisotopic (exact) mass is 231 g/mol. The van der Waals surface area contributed by atoms with Gasteiger partial charge in [0.25, 0.3) is 0 Å². The van der Waals surface area contributed by atoms with Gasteiger partial charge in [-0.3, -0.25) is 10.2 Å². The Balaban J connectivity index is 2.20. The van der Waals surface area contributed by atoms with Crippen molar-refractivity contribution in [3.63, 3.8) is 0 Å². The number of aryl methyl sites for hydroxylation is 2. The number of carbonyl (C=O) groups excluding carboxylic acids is 1. The van der Waals surface area contributed by atoms with Crippen molar-refractivity contribution in [1.82, 2.24) is 5.43 Å². The molecule has 88 valence electrons. The number of hydrogen-bond donors (Lipinski definition) is 1. The number of hydrogen-bond acceptors (Lipinski definition) is 4. The van der Waals surface area contributed by atoms with Crippen molar-refractivity contribution >= 4 is 11.6 Å². The Bertz CT molecular complexity index is 508. The fourth-order valence-electron chi connectivity index (χ4n) is 1.95. The minimum atomic E-state index is -0.700. The summed E-state index contributed by atoms with van der Waals surface area (Å²) in [4.78, 5) is 21.3. The Labute approximate surface area is 98.9 Å². The van der Waals surface area contributed by atoms with Crippen LogP contribution in [0, 0.1) is 18.8 Å². The highest BCUT2D eigenvalue weighted by Gasteiger charge is 2.27. The van der Waals surface area contributed by atoms with E-state index < -0.39 is 11.9 Å². The first-order valence-corrected chi connectivity index (χ1v) is 5.38. The zero-order chi connectivity index (χ0) is 12.4. The van der Waals surface area contributed by atoms with E-state index in [9.17, 15) is 9.70 Å². The van der Waals surface area contributed by atoms with Gasteiger partial charge in [0.05, 0.1) is 5.71 Å². The largest absolute Gasteiger partial charge is 0.310 e. The molecule has 0 saturated carbocycles. The van der Waals surface area contributed by atoms with Crippen molar-refractivity contribution in [2.75, 3.05) is 0 Å². The summed E-state index contributed by atoms with van der Waals surface area (Å²) >= 11 is 0. The molecule has 1 unspecified atom stereocenters. The second-order valence-corrected chi connectivity index (χ2v) is 4.19. The van der Waals surface area contributed by atoms with Crippen LogP contribution in [0.1, 0.15) is 23.1 Å². The van der Waals surface area contributed by atoms with Crippen molar-refractivity contribution in [2.45, 2.75) is 26.3 Å². The molecule has 1 aliphatic heterocycles. The molecule has 1 amide bonds. The quantitative estimate of drug-likeness (QED) is 0.787. The summed E-state index contributed by atoms with van der Waals surface area (Å²) in [5.74, 6) is -0.700. The molecule has 5 nitrogen and oxygen atoms in total. The van der Waals surface area contributed by atoms with Crippen molar-refractivity contribution < 1.29 is 4.79 Å². The molecule has 1 aliphatic rings. The Morgan fingerprint density at radius 2 is 2.24 bits per heavy atom. The number of amides is 1. The SMILES string of the molecule is Cc1ccc(C2=NNC(C(=O)N=O)C2)c(C)c1. The predicted molar refractivity (Wildman–Crippen MR) is 64.8 cm³/mol. The van der Waals surface area contributed by atoms with E-state index in [-0.39, 0.29) is 0 Å². The molecule has 0 saturated heterocycles. The third kappa shape index (κ3) is 2.22. The van der Waals surface area contributed by atoms with Crippen LogP contribution in [0.25, 0.3) is 0 Å². The first-order valence-electron chi connectivity index (χ1n) is 5.38. The first kappa shape index (κ1) is 11.4. The van der Waals surface area contributed by atoms with Gasteiger partial charge in [-0.15, -0.1) is 4.91 Å². The van der Waals surface area contributed by atoms with Crippen LogP contribution in [0.4, 0.5) is 0 Å². The second kappa shape index (κ2) is 4.45. The molecule has 1 atom stereocenters. The summed E-state index contributed by atoms with van der Waals surface area (Å²) in [5, 5.41) is 6.50. The molecule has 5 heteroatoms. The second-order valence-electron chi connectivity index (χ2n) is 4.19. The number of rotatable bonds is 2. The van der Waals surface area contributed by atoms with Crippen LogP contribution >= 0.6 is 0 Å². The summed E-state index contributed by atoms with van der Waals surface area (Å²) in [6, 6.07) is 5.43. The van der Waals surface area contributed by atoms with Gasteiger partial charge in [0.2, 0.25) is 0 Å². The van der Waals surface area contributed by atoms with Gasteiger partial charge in [-0.1, -0.05) is 23.8 Å². The van der Waals surface area contributed by atoms with E-state index in [2.05, 4.69) is 21.8 Å². The Morgan fingerprint density at radius 3 is 2.88 bits per heavy atom. The van der Waals surface area contributed by atoms with Crippen molar-refractivity contribution in [3.05, 3.63) is 39.8 Å². The van der Waals surface area contributed by atoms with E-state index >= 15 is 0 Å². The third-order valence-corrected chi connectivity index (χ3v) is 2.83. The highest BCUT2D eigenvalue weighted by Crippen LogP contribution is 2.17.